The van der Waals surface area contributed by atoms with E-state index >= 15 is 0 Å². The van der Waals surface area contributed by atoms with Gasteiger partial charge in [-0.3, -0.25) is 0 Å². The Balaban J connectivity index is 2.51. The van der Waals surface area contributed by atoms with Gasteiger partial charge in [-0.25, -0.2) is 4.79 Å². The molecule has 2 aromatic carbocycles. The lowest BCUT2D eigenvalue weighted by Gasteiger charge is -2.09. The first-order chi connectivity index (χ1) is 9.15. The summed E-state index contributed by atoms with van der Waals surface area (Å²) in [5.74, 6) is -0.327. The number of aromatic carboxylic acids is 1. The second-order valence-corrected chi connectivity index (χ2v) is 3.91. The number of carboxylic acids is 1. The molecule has 0 saturated heterocycles. The molecule has 0 bridgehead atoms. The fraction of sp³-hybridized carbons (Fsp3) is 0.0667. The van der Waals surface area contributed by atoms with Crippen molar-refractivity contribution < 1.29 is 14.6 Å². The van der Waals surface area contributed by atoms with Gasteiger partial charge in [-0.05, 0) is 35.9 Å². The summed E-state index contributed by atoms with van der Waals surface area (Å²) in [7, 11) is 1.55. The Hall–Kier alpha value is -2.80. The average molecular weight is 253 g/mol. The van der Waals surface area contributed by atoms with E-state index in [1.165, 1.54) is 12.1 Å². The Morgan fingerprint density at radius 1 is 1.21 bits per heavy atom. The molecule has 0 aliphatic rings. The Kier molecular flexibility index (Phi) is 3.48. The van der Waals surface area contributed by atoms with Gasteiger partial charge in [0.1, 0.15) is 5.75 Å². The van der Waals surface area contributed by atoms with Crippen LogP contribution < -0.4 is 4.74 Å². The van der Waals surface area contributed by atoms with E-state index in [-0.39, 0.29) is 5.56 Å². The topological polar surface area (TPSA) is 70.3 Å². The summed E-state index contributed by atoms with van der Waals surface area (Å²) in [5.41, 5.74) is 2.31. The number of hydrogen-bond donors (Lipinski definition) is 1. The highest BCUT2D eigenvalue weighted by Gasteiger charge is 2.08. The summed E-state index contributed by atoms with van der Waals surface area (Å²) in [5, 5.41) is 17.8. The molecule has 0 heterocycles. The van der Waals surface area contributed by atoms with Crippen molar-refractivity contribution in [1.29, 1.82) is 5.26 Å². The maximum absolute atomic E-state index is 10.8. The highest BCUT2D eigenvalue weighted by molar-refractivity contribution is 5.88. The van der Waals surface area contributed by atoms with Crippen LogP contribution in [-0.2, 0) is 0 Å². The lowest BCUT2D eigenvalue weighted by Crippen LogP contribution is -1.95. The van der Waals surface area contributed by atoms with Gasteiger partial charge in [0.15, 0.2) is 0 Å². The molecule has 94 valence electrons. The maximum atomic E-state index is 10.8. The van der Waals surface area contributed by atoms with E-state index < -0.39 is 5.97 Å². The molecular weight excluding hydrogens is 242 g/mol. The summed E-state index contributed by atoms with van der Waals surface area (Å²) in [6.07, 6.45) is 0. The largest absolute Gasteiger partial charge is 0.496 e. The van der Waals surface area contributed by atoms with E-state index in [4.69, 9.17) is 15.1 Å². The number of rotatable bonds is 3. The molecule has 4 nitrogen and oxygen atoms in total. The van der Waals surface area contributed by atoms with Crippen molar-refractivity contribution in [3.8, 4) is 22.9 Å². The van der Waals surface area contributed by atoms with Crippen LogP contribution in [0, 0.1) is 11.3 Å². The summed E-state index contributed by atoms with van der Waals surface area (Å²) in [6, 6.07) is 13.6. The van der Waals surface area contributed by atoms with E-state index in [0.29, 0.717) is 11.3 Å². The van der Waals surface area contributed by atoms with E-state index in [1.807, 2.05) is 0 Å². The number of carboxylic acid groups (broad SMARTS) is 1. The minimum absolute atomic E-state index is 0.221. The van der Waals surface area contributed by atoms with Crippen molar-refractivity contribution >= 4 is 5.97 Å². The minimum Gasteiger partial charge on any atom is -0.496 e. The number of nitriles is 1. The van der Waals surface area contributed by atoms with E-state index in [1.54, 1.807) is 37.4 Å². The van der Waals surface area contributed by atoms with Gasteiger partial charge in [-0.2, -0.15) is 5.26 Å². The SMILES string of the molecule is COc1ccc(C#N)cc1-c1ccc(C(=O)O)cc1. The molecule has 0 fully saturated rings. The number of hydrogen-bond acceptors (Lipinski definition) is 3. The smallest absolute Gasteiger partial charge is 0.335 e. The van der Waals surface area contributed by atoms with Crippen LogP contribution in [0.2, 0.25) is 0 Å². The summed E-state index contributed by atoms with van der Waals surface area (Å²) < 4.78 is 5.25. The van der Waals surface area contributed by atoms with Crippen molar-refractivity contribution in [2.45, 2.75) is 0 Å². The third kappa shape index (κ3) is 2.55. The van der Waals surface area contributed by atoms with Gasteiger partial charge in [-0.1, -0.05) is 12.1 Å². The second-order valence-electron chi connectivity index (χ2n) is 3.91. The van der Waals surface area contributed by atoms with Gasteiger partial charge >= 0.3 is 5.97 Å². The lowest BCUT2D eigenvalue weighted by atomic mass is 10.0. The molecular formula is C15H11NO3. The molecule has 0 radical (unpaired) electrons. The summed E-state index contributed by atoms with van der Waals surface area (Å²) >= 11 is 0. The first kappa shape index (κ1) is 12.7. The van der Waals surface area contributed by atoms with Gasteiger partial charge in [0, 0.05) is 5.56 Å². The number of ether oxygens (including phenoxy) is 1. The average Bonchev–Trinajstić information content (AvgIpc) is 2.46. The third-order valence-corrected chi connectivity index (χ3v) is 2.77. The number of nitrogens with zero attached hydrogens (tertiary/aromatic N) is 1. The number of methoxy groups -OCH3 is 1. The van der Waals surface area contributed by atoms with E-state index in [2.05, 4.69) is 6.07 Å². The van der Waals surface area contributed by atoms with Crippen LogP contribution in [0.15, 0.2) is 42.5 Å². The predicted molar refractivity (Wildman–Crippen MR) is 70.1 cm³/mol. The monoisotopic (exact) mass is 253 g/mol. The fourth-order valence-corrected chi connectivity index (χ4v) is 1.80. The van der Waals surface area contributed by atoms with Gasteiger partial charge in [0.05, 0.1) is 24.3 Å². The quantitative estimate of drug-likeness (QED) is 0.912. The van der Waals surface area contributed by atoms with Crippen molar-refractivity contribution in [2.75, 3.05) is 7.11 Å². The summed E-state index contributed by atoms with van der Waals surface area (Å²) in [4.78, 5) is 10.8. The molecule has 0 spiro atoms. The third-order valence-electron chi connectivity index (χ3n) is 2.77. The normalized spacial score (nSPS) is 9.68. The first-order valence-electron chi connectivity index (χ1n) is 5.57. The molecule has 0 saturated carbocycles. The van der Waals surface area contributed by atoms with Gasteiger partial charge < -0.3 is 9.84 Å². The predicted octanol–water partition coefficient (Wildman–Crippen LogP) is 2.93. The molecule has 2 rings (SSSR count). The highest BCUT2D eigenvalue weighted by atomic mass is 16.5. The lowest BCUT2D eigenvalue weighted by molar-refractivity contribution is 0.0697. The van der Waals surface area contributed by atoms with E-state index in [0.717, 1.165) is 11.1 Å². The van der Waals surface area contributed by atoms with Crippen LogP contribution in [-0.4, -0.2) is 18.2 Å². The second kappa shape index (κ2) is 5.23. The zero-order chi connectivity index (χ0) is 13.8. The number of benzene rings is 2. The Morgan fingerprint density at radius 3 is 2.42 bits per heavy atom. The fourth-order valence-electron chi connectivity index (χ4n) is 1.80. The molecule has 0 amide bonds. The zero-order valence-electron chi connectivity index (χ0n) is 10.3. The zero-order valence-corrected chi connectivity index (χ0v) is 10.3. The molecule has 0 aliphatic carbocycles. The Labute approximate surface area is 110 Å². The highest BCUT2D eigenvalue weighted by Crippen LogP contribution is 2.30. The van der Waals surface area contributed by atoms with Crippen LogP contribution >= 0.6 is 0 Å². The molecule has 1 N–H and O–H groups in total. The van der Waals surface area contributed by atoms with Gasteiger partial charge in [0.2, 0.25) is 0 Å². The molecule has 0 atom stereocenters. The Bertz CT molecular complexity index is 654. The molecule has 19 heavy (non-hydrogen) atoms. The first-order valence-corrected chi connectivity index (χ1v) is 5.57. The van der Waals surface area contributed by atoms with Crippen molar-refractivity contribution in [3.63, 3.8) is 0 Å². The van der Waals surface area contributed by atoms with Crippen molar-refractivity contribution in [3.05, 3.63) is 53.6 Å². The minimum atomic E-state index is -0.968. The van der Waals surface area contributed by atoms with Crippen LogP contribution in [0.5, 0.6) is 5.75 Å². The summed E-state index contributed by atoms with van der Waals surface area (Å²) in [6.45, 7) is 0. The maximum Gasteiger partial charge on any atom is 0.335 e. The molecule has 0 aromatic heterocycles. The molecule has 0 aliphatic heterocycles. The van der Waals surface area contributed by atoms with E-state index in [9.17, 15) is 4.79 Å². The van der Waals surface area contributed by atoms with Crippen LogP contribution in [0.3, 0.4) is 0 Å². The van der Waals surface area contributed by atoms with Crippen LogP contribution in [0.25, 0.3) is 11.1 Å². The standard InChI is InChI=1S/C15H11NO3/c1-19-14-7-2-10(9-16)8-13(14)11-3-5-12(6-4-11)15(17)18/h2-8H,1H3,(H,17,18). The number of carbonyl (C=O) groups is 1. The van der Waals surface area contributed by atoms with Crippen LogP contribution in [0.1, 0.15) is 15.9 Å². The molecule has 2 aromatic rings. The Morgan fingerprint density at radius 2 is 1.89 bits per heavy atom. The van der Waals surface area contributed by atoms with Gasteiger partial charge in [0.25, 0.3) is 0 Å². The molecule has 0 unspecified atom stereocenters. The van der Waals surface area contributed by atoms with Crippen LogP contribution in [0.4, 0.5) is 0 Å². The van der Waals surface area contributed by atoms with Crippen molar-refractivity contribution in [2.24, 2.45) is 0 Å². The van der Waals surface area contributed by atoms with Gasteiger partial charge in [-0.15, -0.1) is 0 Å². The molecule has 4 heteroatoms. The van der Waals surface area contributed by atoms with Crippen molar-refractivity contribution in [1.82, 2.24) is 0 Å².